The van der Waals surface area contributed by atoms with Crippen LogP contribution in [0.15, 0.2) is 35.3 Å². The highest BCUT2D eigenvalue weighted by molar-refractivity contribution is 6.35. The van der Waals surface area contributed by atoms with Crippen molar-refractivity contribution in [2.24, 2.45) is 4.99 Å². The lowest BCUT2D eigenvalue weighted by atomic mass is 10.2. The number of esters is 1. The van der Waals surface area contributed by atoms with Crippen LogP contribution in [-0.2, 0) is 16.1 Å². The van der Waals surface area contributed by atoms with E-state index in [4.69, 9.17) is 4.74 Å². The molecule has 102 valence electrons. The van der Waals surface area contributed by atoms with E-state index in [9.17, 15) is 4.79 Å². The molecule has 4 nitrogen and oxygen atoms in total. The Balaban J connectivity index is 2.08. The molecule has 1 aromatic carbocycles. The summed E-state index contributed by atoms with van der Waals surface area (Å²) in [4.78, 5) is 18.4. The maximum Gasteiger partial charge on any atom is 0.374 e. The second kappa shape index (κ2) is 5.87. The van der Waals surface area contributed by atoms with Gasteiger partial charge in [0.1, 0.15) is 0 Å². The molecule has 19 heavy (non-hydrogen) atoms. The monoisotopic (exact) mass is 260 g/mol. The second-order valence-electron chi connectivity index (χ2n) is 5.12. The SMILES string of the molecule is CC(C)OC(=O)C1=N[C@@H](C)CN1Cc1ccccc1. The summed E-state index contributed by atoms with van der Waals surface area (Å²) < 4.78 is 5.24. The van der Waals surface area contributed by atoms with E-state index >= 15 is 0 Å². The van der Waals surface area contributed by atoms with E-state index in [-0.39, 0.29) is 18.1 Å². The lowest BCUT2D eigenvalue weighted by Gasteiger charge is -2.20. The number of nitrogens with zero attached hydrogens (tertiary/aromatic N) is 2. The van der Waals surface area contributed by atoms with Gasteiger partial charge in [-0.05, 0) is 26.3 Å². The fourth-order valence-corrected chi connectivity index (χ4v) is 2.13. The Labute approximate surface area is 114 Å². The lowest BCUT2D eigenvalue weighted by Crippen LogP contribution is -2.35. The first-order valence-corrected chi connectivity index (χ1v) is 6.64. The summed E-state index contributed by atoms with van der Waals surface area (Å²) in [6.45, 7) is 7.15. The van der Waals surface area contributed by atoms with Crippen LogP contribution >= 0.6 is 0 Å². The highest BCUT2D eigenvalue weighted by Crippen LogP contribution is 2.14. The largest absolute Gasteiger partial charge is 0.457 e. The minimum absolute atomic E-state index is 0.121. The van der Waals surface area contributed by atoms with Crippen molar-refractivity contribution >= 4 is 11.8 Å². The van der Waals surface area contributed by atoms with E-state index in [0.29, 0.717) is 12.4 Å². The van der Waals surface area contributed by atoms with Crippen molar-refractivity contribution in [2.75, 3.05) is 6.54 Å². The van der Waals surface area contributed by atoms with Crippen LogP contribution in [0.4, 0.5) is 0 Å². The topological polar surface area (TPSA) is 41.9 Å². The van der Waals surface area contributed by atoms with E-state index in [1.54, 1.807) is 0 Å². The van der Waals surface area contributed by atoms with Crippen LogP contribution in [0.2, 0.25) is 0 Å². The zero-order chi connectivity index (χ0) is 13.8. The summed E-state index contributed by atoms with van der Waals surface area (Å²) in [5.74, 6) is 0.125. The molecular formula is C15H20N2O2. The first kappa shape index (κ1) is 13.6. The minimum Gasteiger partial charge on any atom is -0.457 e. The fourth-order valence-electron chi connectivity index (χ4n) is 2.13. The minimum atomic E-state index is -0.324. The Morgan fingerprint density at radius 3 is 2.74 bits per heavy atom. The van der Waals surface area contributed by atoms with E-state index in [1.165, 1.54) is 5.56 Å². The summed E-state index contributed by atoms with van der Waals surface area (Å²) >= 11 is 0. The van der Waals surface area contributed by atoms with Crippen molar-refractivity contribution in [3.05, 3.63) is 35.9 Å². The van der Waals surface area contributed by atoms with E-state index < -0.39 is 0 Å². The molecule has 2 rings (SSSR count). The number of benzene rings is 1. The molecule has 0 saturated heterocycles. The number of rotatable bonds is 4. The number of amidine groups is 1. The average molecular weight is 260 g/mol. The summed E-state index contributed by atoms with van der Waals surface area (Å²) in [5, 5.41) is 0. The standard InChI is InChI=1S/C15H20N2O2/c1-11(2)19-15(18)14-16-12(3)9-17(14)10-13-7-5-4-6-8-13/h4-8,11-12H,9-10H2,1-3H3/t12-/m0/s1. The van der Waals surface area contributed by atoms with Gasteiger partial charge in [-0.3, -0.25) is 4.99 Å². The molecule has 1 aromatic rings. The van der Waals surface area contributed by atoms with Gasteiger partial charge in [0.25, 0.3) is 0 Å². The van der Waals surface area contributed by atoms with Gasteiger partial charge in [0, 0.05) is 13.1 Å². The van der Waals surface area contributed by atoms with Gasteiger partial charge in [0.05, 0.1) is 12.1 Å². The molecule has 0 unspecified atom stereocenters. The normalized spacial score (nSPS) is 18.6. The van der Waals surface area contributed by atoms with Gasteiger partial charge in [-0.1, -0.05) is 30.3 Å². The zero-order valence-corrected chi connectivity index (χ0v) is 11.7. The number of ether oxygens (including phenoxy) is 1. The molecule has 4 heteroatoms. The number of carbonyl (C=O) groups excluding carboxylic acids is 1. The number of hydrogen-bond acceptors (Lipinski definition) is 4. The van der Waals surface area contributed by atoms with Gasteiger partial charge in [0.15, 0.2) is 0 Å². The second-order valence-corrected chi connectivity index (χ2v) is 5.12. The van der Waals surface area contributed by atoms with Crippen LogP contribution in [0, 0.1) is 0 Å². The molecule has 0 bridgehead atoms. The molecule has 1 aliphatic heterocycles. The van der Waals surface area contributed by atoms with Crippen molar-refractivity contribution < 1.29 is 9.53 Å². The Kier molecular flexibility index (Phi) is 4.20. The molecule has 1 heterocycles. The molecule has 1 aliphatic rings. The van der Waals surface area contributed by atoms with Crippen molar-refractivity contribution in [1.82, 2.24) is 4.90 Å². The van der Waals surface area contributed by atoms with Gasteiger partial charge in [0.2, 0.25) is 5.84 Å². The highest BCUT2D eigenvalue weighted by atomic mass is 16.5. The molecule has 0 spiro atoms. The van der Waals surface area contributed by atoms with E-state index in [0.717, 1.165) is 6.54 Å². The van der Waals surface area contributed by atoms with Crippen molar-refractivity contribution in [3.63, 3.8) is 0 Å². The van der Waals surface area contributed by atoms with Gasteiger partial charge >= 0.3 is 5.97 Å². The molecule has 0 aliphatic carbocycles. The maximum atomic E-state index is 12.0. The molecule has 1 atom stereocenters. The highest BCUT2D eigenvalue weighted by Gasteiger charge is 2.29. The quantitative estimate of drug-likeness (QED) is 0.780. The Morgan fingerprint density at radius 1 is 1.42 bits per heavy atom. The van der Waals surface area contributed by atoms with Gasteiger partial charge in [-0.25, -0.2) is 4.79 Å². The van der Waals surface area contributed by atoms with Crippen LogP contribution in [0.3, 0.4) is 0 Å². The average Bonchev–Trinajstić information content (AvgIpc) is 2.71. The van der Waals surface area contributed by atoms with Crippen LogP contribution in [-0.4, -0.2) is 35.4 Å². The summed E-state index contributed by atoms with van der Waals surface area (Å²) in [6.07, 6.45) is -0.121. The summed E-state index contributed by atoms with van der Waals surface area (Å²) in [7, 11) is 0. The summed E-state index contributed by atoms with van der Waals surface area (Å²) in [5.41, 5.74) is 1.17. The number of carbonyl (C=O) groups is 1. The van der Waals surface area contributed by atoms with Crippen LogP contribution in [0.1, 0.15) is 26.3 Å². The molecule has 0 radical (unpaired) electrons. The Morgan fingerprint density at radius 2 is 2.11 bits per heavy atom. The first-order valence-electron chi connectivity index (χ1n) is 6.64. The molecule has 0 N–H and O–H groups in total. The Bertz CT molecular complexity index is 468. The summed E-state index contributed by atoms with van der Waals surface area (Å²) in [6, 6.07) is 10.2. The number of aliphatic imine (C=N–C) groups is 1. The Hall–Kier alpha value is -1.84. The van der Waals surface area contributed by atoms with Gasteiger partial charge in [-0.2, -0.15) is 0 Å². The molecule has 0 amide bonds. The third kappa shape index (κ3) is 3.56. The van der Waals surface area contributed by atoms with Gasteiger partial charge < -0.3 is 9.64 Å². The molecule has 0 saturated carbocycles. The van der Waals surface area contributed by atoms with Crippen molar-refractivity contribution in [2.45, 2.75) is 39.5 Å². The lowest BCUT2D eigenvalue weighted by molar-refractivity contribution is -0.139. The van der Waals surface area contributed by atoms with Crippen molar-refractivity contribution in [1.29, 1.82) is 0 Å². The zero-order valence-electron chi connectivity index (χ0n) is 11.7. The fraction of sp³-hybridized carbons (Fsp3) is 0.467. The van der Waals surface area contributed by atoms with Crippen LogP contribution < -0.4 is 0 Å². The van der Waals surface area contributed by atoms with E-state index in [2.05, 4.69) is 4.99 Å². The smallest absolute Gasteiger partial charge is 0.374 e. The first-order chi connectivity index (χ1) is 9.06. The van der Waals surface area contributed by atoms with Crippen LogP contribution in [0.25, 0.3) is 0 Å². The van der Waals surface area contributed by atoms with Crippen LogP contribution in [0.5, 0.6) is 0 Å². The third-order valence-corrected chi connectivity index (χ3v) is 2.87. The van der Waals surface area contributed by atoms with E-state index in [1.807, 2.05) is 56.0 Å². The molecule has 0 fully saturated rings. The molecule has 0 aromatic heterocycles. The predicted octanol–water partition coefficient (Wildman–Crippen LogP) is 2.24. The van der Waals surface area contributed by atoms with Crippen molar-refractivity contribution in [3.8, 4) is 0 Å². The molecular weight excluding hydrogens is 240 g/mol. The van der Waals surface area contributed by atoms with Gasteiger partial charge in [-0.15, -0.1) is 0 Å². The number of hydrogen-bond donors (Lipinski definition) is 0. The maximum absolute atomic E-state index is 12.0. The third-order valence-electron chi connectivity index (χ3n) is 2.87. The predicted molar refractivity (Wildman–Crippen MR) is 75.0 cm³/mol.